The van der Waals surface area contributed by atoms with E-state index in [0.717, 1.165) is 18.8 Å². The van der Waals surface area contributed by atoms with Gasteiger partial charge in [0.25, 0.3) is 0 Å². The van der Waals surface area contributed by atoms with E-state index in [1.165, 1.54) is 6.42 Å². The lowest BCUT2D eigenvalue weighted by atomic mass is 10.1. The van der Waals surface area contributed by atoms with Crippen molar-refractivity contribution in [2.45, 2.75) is 39.2 Å². The summed E-state index contributed by atoms with van der Waals surface area (Å²) in [6.45, 7) is 4.44. The molecule has 0 radical (unpaired) electrons. The Morgan fingerprint density at radius 2 is 2.39 bits per heavy atom. The number of aromatic nitrogens is 1. The molecule has 4 heteroatoms. The largest absolute Gasteiger partial charge is 0.462 e. The van der Waals surface area contributed by atoms with Crippen LogP contribution in [0.25, 0.3) is 0 Å². The van der Waals surface area contributed by atoms with Crippen LogP contribution in [0.1, 0.15) is 43.5 Å². The monoisotopic (exact) mass is 248 g/mol. The number of anilines is 1. The molecular formula is C14H20N2O2. The van der Waals surface area contributed by atoms with E-state index in [4.69, 9.17) is 4.74 Å². The number of nitrogens with zero attached hydrogens (tertiary/aromatic N) is 1. The van der Waals surface area contributed by atoms with E-state index in [1.54, 1.807) is 25.3 Å². The summed E-state index contributed by atoms with van der Waals surface area (Å²) in [7, 11) is 0. The second kappa shape index (κ2) is 5.85. The van der Waals surface area contributed by atoms with E-state index in [2.05, 4.69) is 17.2 Å². The van der Waals surface area contributed by atoms with Crippen molar-refractivity contribution < 1.29 is 9.53 Å². The number of carbonyl (C=O) groups excluding carboxylic acids is 1. The summed E-state index contributed by atoms with van der Waals surface area (Å²) >= 11 is 0. The highest BCUT2D eigenvalue weighted by molar-refractivity contribution is 5.94. The zero-order valence-corrected chi connectivity index (χ0v) is 11.0. The van der Waals surface area contributed by atoms with E-state index in [-0.39, 0.29) is 5.97 Å². The Kier molecular flexibility index (Phi) is 4.18. The van der Waals surface area contributed by atoms with Gasteiger partial charge in [0.1, 0.15) is 11.4 Å². The van der Waals surface area contributed by atoms with Gasteiger partial charge in [0.2, 0.25) is 0 Å². The van der Waals surface area contributed by atoms with Crippen molar-refractivity contribution in [1.82, 2.24) is 4.98 Å². The van der Waals surface area contributed by atoms with Crippen molar-refractivity contribution in [3.63, 3.8) is 0 Å². The van der Waals surface area contributed by atoms with Crippen LogP contribution in [0, 0.1) is 5.92 Å². The molecular weight excluding hydrogens is 228 g/mol. The molecule has 0 aliphatic heterocycles. The zero-order valence-electron chi connectivity index (χ0n) is 11.0. The van der Waals surface area contributed by atoms with Gasteiger partial charge in [-0.25, -0.2) is 9.78 Å². The third-order valence-electron chi connectivity index (χ3n) is 3.34. The van der Waals surface area contributed by atoms with Crippen LogP contribution in [0.2, 0.25) is 0 Å². The van der Waals surface area contributed by atoms with Crippen LogP contribution in [0.4, 0.5) is 5.82 Å². The molecule has 1 N–H and O–H groups in total. The molecule has 0 amide bonds. The first kappa shape index (κ1) is 12.9. The number of hydrogen-bond donors (Lipinski definition) is 1. The van der Waals surface area contributed by atoms with E-state index in [0.29, 0.717) is 24.0 Å². The Bertz CT molecular complexity index is 420. The minimum Gasteiger partial charge on any atom is -0.462 e. The Balaban J connectivity index is 2.10. The van der Waals surface area contributed by atoms with E-state index in [1.807, 2.05) is 0 Å². The maximum absolute atomic E-state index is 11.8. The lowest BCUT2D eigenvalue weighted by molar-refractivity contribution is 0.0527. The number of esters is 1. The quantitative estimate of drug-likeness (QED) is 0.832. The van der Waals surface area contributed by atoms with Crippen LogP contribution in [-0.4, -0.2) is 23.6 Å². The number of pyridine rings is 1. The smallest absolute Gasteiger partial charge is 0.341 e. The zero-order chi connectivity index (χ0) is 13.0. The van der Waals surface area contributed by atoms with Crippen LogP contribution < -0.4 is 5.32 Å². The van der Waals surface area contributed by atoms with Crippen molar-refractivity contribution in [3.8, 4) is 0 Å². The standard InChI is InChI=1S/C14H20N2O2/c1-3-18-14(17)12-5-4-8-15-13(12)16-11-7-6-10(2)9-11/h4-5,8,10-11H,3,6-7,9H2,1-2H3,(H,15,16). The molecule has 1 heterocycles. The van der Waals surface area contributed by atoms with Gasteiger partial charge in [-0.3, -0.25) is 0 Å². The number of rotatable bonds is 4. The molecule has 1 aromatic rings. The van der Waals surface area contributed by atoms with Gasteiger partial charge >= 0.3 is 5.97 Å². The predicted molar refractivity (Wildman–Crippen MR) is 70.6 cm³/mol. The van der Waals surface area contributed by atoms with Crippen LogP contribution >= 0.6 is 0 Å². The molecule has 2 atom stereocenters. The van der Waals surface area contributed by atoms with Crippen LogP contribution in [0.15, 0.2) is 18.3 Å². The maximum Gasteiger partial charge on any atom is 0.341 e. The Morgan fingerprint density at radius 3 is 3.06 bits per heavy atom. The number of nitrogens with one attached hydrogen (secondary N) is 1. The summed E-state index contributed by atoms with van der Waals surface area (Å²) in [4.78, 5) is 16.1. The van der Waals surface area contributed by atoms with Gasteiger partial charge in [-0.05, 0) is 44.2 Å². The molecule has 1 aromatic heterocycles. The lowest BCUT2D eigenvalue weighted by Crippen LogP contribution is -2.19. The molecule has 4 nitrogen and oxygen atoms in total. The average Bonchev–Trinajstić information content (AvgIpc) is 2.76. The molecule has 1 aliphatic rings. The minimum absolute atomic E-state index is 0.306. The lowest BCUT2D eigenvalue weighted by Gasteiger charge is -2.15. The summed E-state index contributed by atoms with van der Waals surface area (Å²) in [5.41, 5.74) is 0.527. The number of ether oxygens (including phenoxy) is 1. The van der Waals surface area contributed by atoms with Gasteiger partial charge in [-0.15, -0.1) is 0 Å². The number of hydrogen-bond acceptors (Lipinski definition) is 4. The molecule has 2 unspecified atom stereocenters. The van der Waals surface area contributed by atoms with E-state index in [9.17, 15) is 4.79 Å². The van der Waals surface area contributed by atoms with Crippen molar-refractivity contribution in [2.24, 2.45) is 5.92 Å². The van der Waals surface area contributed by atoms with E-state index < -0.39 is 0 Å². The summed E-state index contributed by atoms with van der Waals surface area (Å²) in [6, 6.07) is 3.93. The maximum atomic E-state index is 11.8. The van der Waals surface area contributed by atoms with Gasteiger partial charge in [-0.1, -0.05) is 6.92 Å². The number of carbonyl (C=O) groups is 1. The fourth-order valence-corrected chi connectivity index (χ4v) is 2.43. The molecule has 98 valence electrons. The normalized spacial score (nSPS) is 22.8. The van der Waals surface area contributed by atoms with Crippen LogP contribution in [-0.2, 0) is 4.74 Å². The Labute approximate surface area is 108 Å². The highest BCUT2D eigenvalue weighted by Gasteiger charge is 2.23. The highest BCUT2D eigenvalue weighted by atomic mass is 16.5. The highest BCUT2D eigenvalue weighted by Crippen LogP contribution is 2.27. The minimum atomic E-state index is -0.306. The van der Waals surface area contributed by atoms with Gasteiger partial charge < -0.3 is 10.1 Å². The SMILES string of the molecule is CCOC(=O)c1cccnc1NC1CCC(C)C1. The third kappa shape index (κ3) is 3.00. The van der Waals surface area contributed by atoms with Crippen molar-refractivity contribution in [3.05, 3.63) is 23.9 Å². The topological polar surface area (TPSA) is 51.2 Å². The first-order chi connectivity index (χ1) is 8.70. The second-order valence-corrected chi connectivity index (χ2v) is 4.88. The molecule has 18 heavy (non-hydrogen) atoms. The fourth-order valence-electron chi connectivity index (χ4n) is 2.43. The third-order valence-corrected chi connectivity index (χ3v) is 3.34. The van der Waals surface area contributed by atoms with Crippen molar-refractivity contribution in [2.75, 3.05) is 11.9 Å². The summed E-state index contributed by atoms with van der Waals surface area (Å²) in [5, 5.41) is 3.37. The molecule has 1 aliphatic carbocycles. The molecule has 0 aromatic carbocycles. The van der Waals surface area contributed by atoms with Gasteiger partial charge in [0.15, 0.2) is 0 Å². The molecule has 1 fully saturated rings. The molecule has 0 saturated heterocycles. The summed E-state index contributed by atoms with van der Waals surface area (Å²) in [5.74, 6) is 1.09. The first-order valence-electron chi connectivity index (χ1n) is 6.59. The molecule has 0 spiro atoms. The second-order valence-electron chi connectivity index (χ2n) is 4.88. The van der Waals surface area contributed by atoms with E-state index >= 15 is 0 Å². The van der Waals surface area contributed by atoms with Gasteiger partial charge in [0.05, 0.1) is 6.61 Å². The first-order valence-corrected chi connectivity index (χ1v) is 6.59. The fraction of sp³-hybridized carbons (Fsp3) is 0.571. The van der Waals surface area contributed by atoms with Gasteiger partial charge in [-0.2, -0.15) is 0 Å². The Morgan fingerprint density at radius 1 is 1.56 bits per heavy atom. The summed E-state index contributed by atoms with van der Waals surface area (Å²) in [6.07, 6.45) is 5.21. The molecule has 1 saturated carbocycles. The molecule has 0 bridgehead atoms. The Hall–Kier alpha value is -1.58. The van der Waals surface area contributed by atoms with Crippen LogP contribution in [0.3, 0.4) is 0 Å². The predicted octanol–water partition coefficient (Wildman–Crippen LogP) is 2.86. The van der Waals surface area contributed by atoms with Crippen molar-refractivity contribution >= 4 is 11.8 Å². The van der Waals surface area contributed by atoms with Gasteiger partial charge in [0, 0.05) is 12.2 Å². The molecule has 2 rings (SSSR count). The average molecular weight is 248 g/mol. The summed E-state index contributed by atoms with van der Waals surface area (Å²) < 4.78 is 5.04. The van der Waals surface area contributed by atoms with Crippen molar-refractivity contribution in [1.29, 1.82) is 0 Å². The van der Waals surface area contributed by atoms with Crippen LogP contribution in [0.5, 0.6) is 0 Å².